The van der Waals surface area contributed by atoms with Crippen LogP contribution in [0.4, 0.5) is 21.9 Å². The molecule has 1 heterocycles. The van der Waals surface area contributed by atoms with Crippen LogP contribution in [0.2, 0.25) is 0 Å². The third-order valence-electron chi connectivity index (χ3n) is 5.42. The minimum atomic E-state index is -1.54. The number of fused-ring (bicyclic) bond motifs is 1. The molecule has 0 spiro atoms. The second-order valence-electron chi connectivity index (χ2n) is 7.94. The van der Waals surface area contributed by atoms with Crippen molar-refractivity contribution in [3.63, 3.8) is 0 Å². The lowest BCUT2D eigenvalue weighted by Crippen LogP contribution is -2.53. The van der Waals surface area contributed by atoms with Crippen LogP contribution in [0.25, 0.3) is 0 Å². The van der Waals surface area contributed by atoms with Crippen molar-refractivity contribution >= 4 is 34.9 Å². The van der Waals surface area contributed by atoms with Gasteiger partial charge in [0.2, 0.25) is 5.91 Å². The van der Waals surface area contributed by atoms with Gasteiger partial charge in [0, 0.05) is 22.6 Å². The van der Waals surface area contributed by atoms with Gasteiger partial charge in [-0.2, -0.15) is 0 Å². The molecule has 1 aliphatic rings. The van der Waals surface area contributed by atoms with Crippen molar-refractivity contribution < 1.29 is 14.4 Å². The maximum absolute atomic E-state index is 13.1. The summed E-state index contributed by atoms with van der Waals surface area (Å²) in [5.41, 5.74) is 2.90. The number of benzene rings is 3. The number of amides is 4. The normalized spacial score (nSPS) is 16.6. The predicted molar refractivity (Wildman–Crippen MR) is 125 cm³/mol. The largest absolute Gasteiger partial charge is 0.326 e. The van der Waals surface area contributed by atoms with E-state index < -0.39 is 23.4 Å². The summed E-state index contributed by atoms with van der Waals surface area (Å²) < 4.78 is 0. The average Bonchev–Trinajstić information content (AvgIpc) is 3.02. The Labute approximate surface area is 186 Å². The van der Waals surface area contributed by atoms with Gasteiger partial charge in [-0.25, -0.2) is 4.79 Å². The molecule has 32 heavy (non-hydrogen) atoms. The number of para-hydroxylation sites is 1. The van der Waals surface area contributed by atoms with Crippen LogP contribution in [0.15, 0.2) is 72.8 Å². The molecular weight excluding hydrogens is 404 g/mol. The summed E-state index contributed by atoms with van der Waals surface area (Å²) in [5.74, 6) is -0.854. The molecule has 1 atom stereocenters. The molecule has 4 N–H and O–H groups in total. The highest BCUT2D eigenvalue weighted by Gasteiger charge is 2.49. The van der Waals surface area contributed by atoms with E-state index in [1.165, 1.54) is 0 Å². The van der Waals surface area contributed by atoms with Crippen molar-refractivity contribution in [3.8, 4) is 0 Å². The molecule has 4 amide bonds. The summed E-state index contributed by atoms with van der Waals surface area (Å²) in [6.45, 7) is 3.91. The highest BCUT2D eigenvalue weighted by molar-refractivity contribution is 6.11. The molecule has 0 saturated heterocycles. The third kappa shape index (κ3) is 4.32. The Balaban J connectivity index is 1.59. The lowest BCUT2D eigenvalue weighted by Gasteiger charge is -2.28. The first-order valence-corrected chi connectivity index (χ1v) is 10.3. The van der Waals surface area contributed by atoms with Gasteiger partial charge in [-0.1, -0.05) is 53.6 Å². The van der Waals surface area contributed by atoms with Crippen molar-refractivity contribution in [1.82, 2.24) is 5.32 Å². The summed E-state index contributed by atoms with van der Waals surface area (Å²) in [6.07, 6.45) is -0.259. The van der Waals surface area contributed by atoms with Gasteiger partial charge < -0.3 is 21.3 Å². The number of carbonyl (C=O) groups is 3. The molecule has 7 nitrogen and oxygen atoms in total. The van der Waals surface area contributed by atoms with E-state index in [0.717, 1.165) is 11.1 Å². The molecule has 0 aromatic heterocycles. The van der Waals surface area contributed by atoms with E-state index in [2.05, 4.69) is 21.3 Å². The molecule has 3 aromatic carbocycles. The zero-order chi connectivity index (χ0) is 22.7. The molecule has 0 aliphatic carbocycles. The van der Waals surface area contributed by atoms with E-state index in [0.29, 0.717) is 22.6 Å². The van der Waals surface area contributed by atoms with Crippen LogP contribution in [0.3, 0.4) is 0 Å². The van der Waals surface area contributed by atoms with Crippen LogP contribution in [-0.2, 0) is 15.1 Å². The maximum Gasteiger partial charge on any atom is 0.320 e. The summed E-state index contributed by atoms with van der Waals surface area (Å²) >= 11 is 0. The van der Waals surface area contributed by atoms with Crippen LogP contribution < -0.4 is 21.3 Å². The number of rotatable bonds is 5. The Morgan fingerprint density at radius 2 is 1.38 bits per heavy atom. The Kier molecular flexibility index (Phi) is 5.64. The third-order valence-corrected chi connectivity index (χ3v) is 5.42. The minimum Gasteiger partial charge on any atom is -0.326 e. The molecule has 4 rings (SSSR count). The van der Waals surface area contributed by atoms with E-state index in [4.69, 9.17) is 0 Å². The SMILES string of the molecule is Cc1ccc(NC(=O)CC2(NC(=O)Nc3ccc(C)cc3)C(=O)Nc3ccccc32)cc1. The standard InChI is InChI=1S/C25H24N4O3/c1-16-7-11-18(12-8-16)26-22(30)15-25(20-5-3-4-6-21(20)28-23(25)31)29-24(32)27-19-13-9-17(2)10-14-19/h3-14H,15H2,1-2H3,(H,26,30)(H,28,31)(H2,27,29,32). The smallest absolute Gasteiger partial charge is 0.320 e. The Morgan fingerprint density at radius 3 is 2.00 bits per heavy atom. The summed E-state index contributed by atoms with van der Waals surface area (Å²) in [7, 11) is 0. The van der Waals surface area contributed by atoms with Gasteiger partial charge in [0.15, 0.2) is 5.54 Å². The van der Waals surface area contributed by atoms with Crippen molar-refractivity contribution in [2.24, 2.45) is 0 Å². The van der Waals surface area contributed by atoms with Crippen LogP contribution in [-0.4, -0.2) is 17.8 Å². The van der Waals surface area contributed by atoms with E-state index in [1.807, 2.05) is 38.1 Å². The van der Waals surface area contributed by atoms with Crippen molar-refractivity contribution in [1.29, 1.82) is 0 Å². The minimum absolute atomic E-state index is 0.259. The molecular formula is C25H24N4O3. The van der Waals surface area contributed by atoms with Crippen molar-refractivity contribution in [2.75, 3.05) is 16.0 Å². The van der Waals surface area contributed by atoms with Crippen LogP contribution >= 0.6 is 0 Å². The number of carbonyl (C=O) groups excluding carboxylic acids is 3. The summed E-state index contributed by atoms with van der Waals surface area (Å²) in [6, 6.07) is 21.1. The maximum atomic E-state index is 13.1. The van der Waals surface area contributed by atoms with E-state index in [1.54, 1.807) is 48.5 Å². The first-order chi connectivity index (χ1) is 15.4. The summed E-state index contributed by atoms with van der Waals surface area (Å²) in [5, 5.41) is 11.1. The predicted octanol–water partition coefficient (Wildman–Crippen LogP) is 4.30. The van der Waals surface area contributed by atoms with Crippen LogP contribution in [0.1, 0.15) is 23.1 Å². The second kappa shape index (κ2) is 8.55. The van der Waals surface area contributed by atoms with Gasteiger partial charge >= 0.3 is 6.03 Å². The molecule has 0 saturated carbocycles. The Morgan fingerprint density at radius 1 is 0.812 bits per heavy atom. The summed E-state index contributed by atoms with van der Waals surface area (Å²) in [4.78, 5) is 38.9. The molecule has 1 unspecified atom stereocenters. The number of urea groups is 1. The highest BCUT2D eigenvalue weighted by atomic mass is 16.2. The van der Waals surface area contributed by atoms with Crippen LogP contribution in [0, 0.1) is 13.8 Å². The Bertz CT molecular complexity index is 1110. The second-order valence-corrected chi connectivity index (χ2v) is 7.94. The molecule has 3 aromatic rings. The zero-order valence-electron chi connectivity index (χ0n) is 17.9. The molecule has 0 fully saturated rings. The number of hydrogen-bond donors (Lipinski definition) is 4. The molecule has 7 heteroatoms. The first-order valence-electron chi connectivity index (χ1n) is 10.3. The van der Waals surface area contributed by atoms with Crippen molar-refractivity contribution in [3.05, 3.63) is 89.5 Å². The zero-order valence-corrected chi connectivity index (χ0v) is 17.9. The van der Waals surface area contributed by atoms with Gasteiger partial charge in [-0.05, 0) is 44.2 Å². The van der Waals surface area contributed by atoms with E-state index >= 15 is 0 Å². The Hall–Kier alpha value is -4.13. The van der Waals surface area contributed by atoms with Gasteiger partial charge in [0.05, 0.1) is 6.42 Å². The van der Waals surface area contributed by atoms with E-state index in [-0.39, 0.29) is 6.42 Å². The van der Waals surface area contributed by atoms with E-state index in [9.17, 15) is 14.4 Å². The molecule has 0 radical (unpaired) electrons. The quantitative estimate of drug-likeness (QED) is 0.487. The van der Waals surface area contributed by atoms with Gasteiger partial charge in [0.25, 0.3) is 5.91 Å². The molecule has 0 bridgehead atoms. The number of anilines is 3. The lowest BCUT2D eigenvalue weighted by atomic mass is 9.87. The molecule has 162 valence electrons. The first kappa shape index (κ1) is 21.1. The number of hydrogen-bond acceptors (Lipinski definition) is 3. The van der Waals surface area contributed by atoms with Crippen molar-refractivity contribution in [2.45, 2.75) is 25.8 Å². The highest BCUT2D eigenvalue weighted by Crippen LogP contribution is 2.38. The van der Waals surface area contributed by atoms with Gasteiger partial charge in [0.1, 0.15) is 0 Å². The van der Waals surface area contributed by atoms with Gasteiger partial charge in [-0.3, -0.25) is 9.59 Å². The number of aryl methyl sites for hydroxylation is 2. The average molecular weight is 428 g/mol. The van der Waals surface area contributed by atoms with Gasteiger partial charge in [-0.15, -0.1) is 0 Å². The fourth-order valence-corrected chi connectivity index (χ4v) is 3.74. The molecule has 1 aliphatic heterocycles. The monoisotopic (exact) mass is 428 g/mol. The fraction of sp³-hybridized carbons (Fsp3) is 0.160. The fourth-order valence-electron chi connectivity index (χ4n) is 3.74. The lowest BCUT2D eigenvalue weighted by molar-refractivity contribution is -0.126. The van der Waals surface area contributed by atoms with Crippen LogP contribution in [0.5, 0.6) is 0 Å². The topological polar surface area (TPSA) is 99.3 Å². The number of nitrogens with one attached hydrogen (secondary N) is 4.